The number of nitrogens with zero attached hydrogens (tertiary/aromatic N) is 1. The number of amides is 1. The molecule has 1 aromatic heterocycles. The predicted molar refractivity (Wildman–Crippen MR) is 99.5 cm³/mol. The molecule has 0 bridgehead atoms. The second kappa shape index (κ2) is 6.77. The molecular weight excluding hydrogens is 378 g/mol. The van der Waals surface area contributed by atoms with Crippen LogP contribution in [-0.2, 0) is 4.79 Å². The molecule has 1 aliphatic heterocycles. The normalized spacial score (nSPS) is 15.7. The summed E-state index contributed by atoms with van der Waals surface area (Å²) in [7, 11) is 0. The van der Waals surface area contributed by atoms with E-state index in [0.717, 1.165) is 22.7 Å². The van der Waals surface area contributed by atoms with E-state index in [-0.39, 0.29) is 21.1 Å². The molecule has 0 spiro atoms. The molecule has 2 N–H and O–H groups in total. The van der Waals surface area contributed by atoms with Crippen LogP contribution >= 0.6 is 24.0 Å². The summed E-state index contributed by atoms with van der Waals surface area (Å²) >= 11 is 6.24. The number of aryl methyl sites for hydroxylation is 1. The van der Waals surface area contributed by atoms with Crippen LogP contribution in [0.4, 0.5) is 5.69 Å². The summed E-state index contributed by atoms with van der Waals surface area (Å²) in [5, 5.41) is 18.4. The Kier molecular flexibility index (Phi) is 4.66. The highest BCUT2D eigenvalue weighted by molar-refractivity contribution is 8.27. The van der Waals surface area contributed by atoms with Crippen molar-refractivity contribution < 1.29 is 29.0 Å². The Hall–Kier alpha value is -2.91. The zero-order chi connectivity index (χ0) is 19.0. The maximum absolute atomic E-state index is 12.7. The predicted octanol–water partition coefficient (Wildman–Crippen LogP) is 3.39. The number of anilines is 1. The van der Waals surface area contributed by atoms with Gasteiger partial charge in [-0.25, -0.2) is 9.59 Å². The summed E-state index contributed by atoms with van der Waals surface area (Å²) in [6.45, 7) is 1.77. The van der Waals surface area contributed by atoms with E-state index < -0.39 is 17.8 Å². The topological polar surface area (TPSA) is 108 Å². The molecule has 132 valence electrons. The summed E-state index contributed by atoms with van der Waals surface area (Å²) in [6, 6.07) is 6.89. The molecule has 0 unspecified atom stereocenters. The third kappa shape index (κ3) is 3.39. The first-order valence-electron chi connectivity index (χ1n) is 7.22. The van der Waals surface area contributed by atoms with Crippen LogP contribution in [0.3, 0.4) is 0 Å². The van der Waals surface area contributed by atoms with E-state index in [1.165, 1.54) is 18.2 Å². The van der Waals surface area contributed by atoms with Crippen molar-refractivity contribution in [3.05, 3.63) is 57.9 Å². The molecule has 0 atom stereocenters. The molecule has 9 heteroatoms. The minimum absolute atomic E-state index is 0.0869. The van der Waals surface area contributed by atoms with E-state index in [1.54, 1.807) is 19.1 Å². The molecule has 26 heavy (non-hydrogen) atoms. The Bertz CT molecular complexity index is 959. The van der Waals surface area contributed by atoms with Gasteiger partial charge in [-0.05, 0) is 37.3 Å². The summed E-state index contributed by atoms with van der Waals surface area (Å²) in [6.07, 6.45) is 1.53. The lowest BCUT2D eigenvalue weighted by Crippen LogP contribution is -2.28. The summed E-state index contributed by atoms with van der Waals surface area (Å²) in [4.78, 5) is 36.6. The standard InChI is InChI=1S/C17H11NO6S2/c1-8-2-3-12(24-8)7-13-14(19)18(17(25)26-13)11-5-9(15(20)21)4-10(6-11)16(22)23/h2-7H,1H3,(H,20,21)(H,22,23)/b13-7-. The largest absolute Gasteiger partial charge is 0.478 e. The molecule has 2 aromatic rings. The zero-order valence-electron chi connectivity index (χ0n) is 13.3. The van der Waals surface area contributed by atoms with Gasteiger partial charge in [-0.1, -0.05) is 24.0 Å². The number of benzene rings is 1. The number of hydrogen-bond donors (Lipinski definition) is 2. The van der Waals surface area contributed by atoms with Crippen molar-refractivity contribution in [3.63, 3.8) is 0 Å². The SMILES string of the molecule is Cc1ccc(/C=C2\SC(=S)N(c3cc(C(=O)O)cc(C(=O)O)c3)C2=O)o1. The molecule has 0 aliphatic carbocycles. The lowest BCUT2D eigenvalue weighted by Gasteiger charge is -2.16. The lowest BCUT2D eigenvalue weighted by atomic mass is 10.1. The minimum Gasteiger partial charge on any atom is -0.478 e. The molecule has 0 radical (unpaired) electrons. The molecule has 0 saturated carbocycles. The number of thiocarbonyl (C=S) groups is 1. The number of aromatic carboxylic acids is 2. The van der Waals surface area contributed by atoms with Gasteiger partial charge in [0.25, 0.3) is 5.91 Å². The van der Waals surface area contributed by atoms with Crippen LogP contribution in [0.2, 0.25) is 0 Å². The smallest absolute Gasteiger partial charge is 0.335 e. The molecule has 1 aliphatic rings. The van der Waals surface area contributed by atoms with Gasteiger partial charge < -0.3 is 14.6 Å². The first-order valence-corrected chi connectivity index (χ1v) is 8.45. The quantitative estimate of drug-likeness (QED) is 0.605. The number of carbonyl (C=O) groups is 3. The van der Waals surface area contributed by atoms with Crippen molar-refractivity contribution in [1.29, 1.82) is 0 Å². The van der Waals surface area contributed by atoms with Gasteiger partial charge in [0.05, 0.1) is 21.7 Å². The number of rotatable bonds is 4. The van der Waals surface area contributed by atoms with Gasteiger partial charge in [-0.15, -0.1) is 0 Å². The van der Waals surface area contributed by atoms with Gasteiger partial charge in [0, 0.05) is 6.08 Å². The summed E-state index contributed by atoms with van der Waals surface area (Å²) < 4.78 is 5.58. The van der Waals surface area contributed by atoms with Crippen LogP contribution in [0.15, 0.2) is 39.7 Å². The molecule has 2 heterocycles. The van der Waals surface area contributed by atoms with Crippen LogP contribution in [0.25, 0.3) is 6.08 Å². The van der Waals surface area contributed by atoms with Crippen LogP contribution in [0.1, 0.15) is 32.2 Å². The molecule has 7 nitrogen and oxygen atoms in total. The molecule has 1 fully saturated rings. The lowest BCUT2D eigenvalue weighted by molar-refractivity contribution is -0.113. The van der Waals surface area contributed by atoms with Crippen molar-refractivity contribution in [2.75, 3.05) is 4.90 Å². The van der Waals surface area contributed by atoms with Gasteiger partial charge in [0.1, 0.15) is 11.5 Å². The fraction of sp³-hybridized carbons (Fsp3) is 0.0588. The van der Waals surface area contributed by atoms with Gasteiger partial charge in [0.2, 0.25) is 0 Å². The molecule has 1 amide bonds. The average molecular weight is 389 g/mol. The average Bonchev–Trinajstić information content (AvgIpc) is 3.10. The van der Waals surface area contributed by atoms with Gasteiger partial charge in [0.15, 0.2) is 4.32 Å². The van der Waals surface area contributed by atoms with E-state index in [2.05, 4.69) is 0 Å². The number of thioether (sulfide) groups is 1. The van der Waals surface area contributed by atoms with Crippen molar-refractivity contribution in [2.45, 2.75) is 6.92 Å². The maximum atomic E-state index is 12.7. The van der Waals surface area contributed by atoms with Crippen molar-refractivity contribution in [3.8, 4) is 0 Å². The van der Waals surface area contributed by atoms with Gasteiger partial charge in [-0.3, -0.25) is 9.69 Å². The Morgan fingerprint density at radius 1 is 1.15 bits per heavy atom. The number of furan rings is 1. The fourth-order valence-electron chi connectivity index (χ4n) is 2.34. The first kappa shape index (κ1) is 17.9. The van der Waals surface area contributed by atoms with Crippen molar-refractivity contribution >= 4 is 57.9 Å². The second-order valence-electron chi connectivity index (χ2n) is 5.34. The van der Waals surface area contributed by atoms with Crippen LogP contribution in [-0.4, -0.2) is 32.4 Å². The Morgan fingerprint density at radius 3 is 2.27 bits per heavy atom. The van der Waals surface area contributed by atoms with E-state index in [4.69, 9.17) is 16.6 Å². The fourth-order valence-corrected chi connectivity index (χ4v) is 3.62. The number of carboxylic acid groups (broad SMARTS) is 2. The number of carbonyl (C=O) groups excluding carboxylic acids is 1. The van der Waals surface area contributed by atoms with Crippen molar-refractivity contribution in [1.82, 2.24) is 0 Å². The highest BCUT2D eigenvalue weighted by Gasteiger charge is 2.34. The Labute approximate surface area is 156 Å². The first-order chi connectivity index (χ1) is 12.3. The Balaban J connectivity index is 2.03. The monoisotopic (exact) mass is 389 g/mol. The van der Waals surface area contributed by atoms with E-state index in [1.807, 2.05) is 0 Å². The number of hydrogen-bond acceptors (Lipinski definition) is 6. The summed E-state index contributed by atoms with van der Waals surface area (Å²) in [5.74, 6) is -1.92. The van der Waals surface area contributed by atoms with Gasteiger partial charge >= 0.3 is 11.9 Å². The van der Waals surface area contributed by atoms with Crippen molar-refractivity contribution in [2.24, 2.45) is 0 Å². The highest BCUT2D eigenvalue weighted by Crippen LogP contribution is 2.37. The van der Waals surface area contributed by atoms with Crippen LogP contribution in [0.5, 0.6) is 0 Å². The second-order valence-corrected chi connectivity index (χ2v) is 7.02. The van der Waals surface area contributed by atoms with E-state index >= 15 is 0 Å². The molecular formula is C17H11NO6S2. The Morgan fingerprint density at radius 2 is 1.77 bits per heavy atom. The molecule has 1 aromatic carbocycles. The third-order valence-electron chi connectivity index (χ3n) is 3.50. The van der Waals surface area contributed by atoms with Crippen LogP contribution in [0, 0.1) is 6.92 Å². The molecule has 1 saturated heterocycles. The summed E-state index contributed by atoms with van der Waals surface area (Å²) in [5.41, 5.74) is -0.414. The third-order valence-corrected chi connectivity index (χ3v) is 4.80. The van der Waals surface area contributed by atoms with E-state index in [9.17, 15) is 24.6 Å². The highest BCUT2D eigenvalue weighted by atomic mass is 32.2. The zero-order valence-corrected chi connectivity index (χ0v) is 14.9. The van der Waals surface area contributed by atoms with Gasteiger partial charge in [-0.2, -0.15) is 0 Å². The molecule has 3 rings (SSSR count). The number of carboxylic acids is 2. The van der Waals surface area contributed by atoms with Crippen LogP contribution < -0.4 is 4.90 Å². The maximum Gasteiger partial charge on any atom is 0.335 e. The van der Waals surface area contributed by atoms with E-state index in [0.29, 0.717) is 16.4 Å². The minimum atomic E-state index is -1.30.